The summed E-state index contributed by atoms with van der Waals surface area (Å²) in [5, 5.41) is 0.710. The summed E-state index contributed by atoms with van der Waals surface area (Å²) in [4.78, 5) is 9.68. The fourth-order valence-electron chi connectivity index (χ4n) is 0.862. The molecule has 0 unspecified atom stereocenters. The van der Waals surface area contributed by atoms with Crippen LogP contribution in [-0.2, 0) is 16.0 Å². The van der Waals surface area contributed by atoms with E-state index in [-0.39, 0.29) is 0 Å². The topological polar surface area (TPSA) is 26.3 Å². The Bertz CT molecular complexity index is 243. The van der Waals surface area contributed by atoms with Crippen molar-refractivity contribution in [3.63, 3.8) is 0 Å². The molecule has 0 bridgehead atoms. The van der Waals surface area contributed by atoms with Crippen molar-refractivity contribution < 1.29 is 9.53 Å². The number of carbonyl (C=O) groups excluding carboxylic acids is 1. The standard InChI is InChI=1S/C9H8ClO2/c10-9-3-1-8(2-4-9)5-6-12-7-11/h1-4H,5-6H2. The lowest BCUT2D eigenvalue weighted by molar-refractivity contribution is 0.282. The van der Waals surface area contributed by atoms with Gasteiger partial charge in [-0.2, -0.15) is 0 Å². The third kappa shape index (κ3) is 2.93. The van der Waals surface area contributed by atoms with Crippen LogP contribution in [0.5, 0.6) is 0 Å². The first kappa shape index (κ1) is 9.07. The zero-order valence-corrected chi connectivity index (χ0v) is 7.17. The van der Waals surface area contributed by atoms with Crippen LogP contribution in [0.1, 0.15) is 5.56 Å². The largest absolute Gasteiger partial charge is 0.457 e. The first-order valence-electron chi connectivity index (χ1n) is 3.56. The highest BCUT2D eigenvalue weighted by Gasteiger charge is 1.92. The Morgan fingerprint density at radius 1 is 1.33 bits per heavy atom. The van der Waals surface area contributed by atoms with Crippen LogP contribution in [0.2, 0.25) is 5.02 Å². The van der Waals surface area contributed by atoms with E-state index in [0.29, 0.717) is 18.1 Å². The highest BCUT2D eigenvalue weighted by molar-refractivity contribution is 6.30. The Morgan fingerprint density at radius 2 is 2.00 bits per heavy atom. The molecule has 0 aliphatic heterocycles. The van der Waals surface area contributed by atoms with E-state index in [9.17, 15) is 4.79 Å². The number of ether oxygens (including phenoxy) is 1. The lowest BCUT2D eigenvalue weighted by atomic mass is 10.2. The minimum atomic E-state index is 0.366. The van der Waals surface area contributed by atoms with E-state index in [0.717, 1.165) is 5.56 Å². The number of benzene rings is 1. The van der Waals surface area contributed by atoms with Gasteiger partial charge in [0.2, 0.25) is 0 Å². The average molecular weight is 184 g/mol. The molecule has 0 saturated carbocycles. The van der Waals surface area contributed by atoms with Crippen molar-refractivity contribution >= 4 is 18.1 Å². The van der Waals surface area contributed by atoms with Gasteiger partial charge in [-0.1, -0.05) is 23.7 Å². The third-order valence-corrected chi connectivity index (χ3v) is 1.72. The number of rotatable bonds is 4. The van der Waals surface area contributed by atoms with Gasteiger partial charge >= 0.3 is 6.47 Å². The van der Waals surface area contributed by atoms with Crippen molar-refractivity contribution in [3.05, 3.63) is 34.9 Å². The van der Waals surface area contributed by atoms with E-state index >= 15 is 0 Å². The molecule has 1 aromatic carbocycles. The second-order valence-electron chi connectivity index (χ2n) is 2.31. The normalized spacial score (nSPS) is 9.42. The van der Waals surface area contributed by atoms with E-state index in [1.165, 1.54) is 6.47 Å². The van der Waals surface area contributed by atoms with E-state index in [1.807, 2.05) is 24.3 Å². The average Bonchev–Trinajstić information content (AvgIpc) is 2.09. The molecule has 0 aliphatic carbocycles. The Hall–Kier alpha value is -1.02. The lowest BCUT2D eigenvalue weighted by Crippen LogP contribution is -1.95. The van der Waals surface area contributed by atoms with Gasteiger partial charge in [-0.05, 0) is 17.7 Å². The molecule has 2 nitrogen and oxygen atoms in total. The maximum Gasteiger partial charge on any atom is 0.417 e. The van der Waals surface area contributed by atoms with Crippen LogP contribution in [-0.4, -0.2) is 13.1 Å². The molecule has 1 aromatic rings. The summed E-state index contributed by atoms with van der Waals surface area (Å²) in [7, 11) is 0. The molecule has 1 radical (unpaired) electrons. The molecular weight excluding hydrogens is 176 g/mol. The van der Waals surface area contributed by atoms with Gasteiger partial charge in [-0.15, -0.1) is 0 Å². The minimum absolute atomic E-state index is 0.366. The number of hydrogen-bond acceptors (Lipinski definition) is 2. The first-order chi connectivity index (χ1) is 5.83. The summed E-state index contributed by atoms with van der Waals surface area (Å²) >= 11 is 5.68. The van der Waals surface area contributed by atoms with Gasteiger partial charge in [-0.3, -0.25) is 0 Å². The Kier molecular flexibility index (Phi) is 3.61. The SMILES string of the molecule is O=[C]OCCc1ccc(Cl)cc1. The Labute approximate surface area is 76.1 Å². The summed E-state index contributed by atoms with van der Waals surface area (Å²) in [5.74, 6) is 0. The van der Waals surface area contributed by atoms with Crippen LogP contribution >= 0.6 is 11.6 Å². The molecule has 0 aromatic heterocycles. The summed E-state index contributed by atoms with van der Waals surface area (Å²) in [6.07, 6.45) is 0.701. The molecule has 12 heavy (non-hydrogen) atoms. The van der Waals surface area contributed by atoms with Crippen molar-refractivity contribution in [2.24, 2.45) is 0 Å². The van der Waals surface area contributed by atoms with E-state index < -0.39 is 0 Å². The predicted molar refractivity (Wildman–Crippen MR) is 46.8 cm³/mol. The van der Waals surface area contributed by atoms with Gasteiger partial charge in [-0.25, -0.2) is 4.79 Å². The van der Waals surface area contributed by atoms with Gasteiger partial charge in [0, 0.05) is 11.4 Å². The Morgan fingerprint density at radius 3 is 2.58 bits per heavy atom. The van der Waals surface area contributed by atoms with Gasteiger partial charge < -0.3 is 4.74 Å². The summed E-state index contributed by atoms with van der Waals surface area (Å²) < 4.78 is 4.43. The molecule has 0 aliphatic rings. The second kappa shape index (κ2) is 4.78. The maximum atomic E-state index is 9.68. The van der Waals surface area contributed by atoms with Gasteiger partial charge in [0.25, 0.3) is 0 Å². The first-order valence-corrected chi connectivity index (χ1v) is 3.94. The molecule has 0 spiro atoms. The second-order valence-corrected chi connectivity index (χ2v) is 2.74. The van der Waals surface area contributed by atoms with Crippen LogP contribution in [0, 0.1) is 0 Å². The fraction of sp³-hybridized carbons (Fsp3) is 0.222. The molecule has 0 N–H and O–H groups in total. The lowest BCUT2D eigenvalue weighted by Gasteiger charge is -1.98. The number of hydrogen-bond donors (Lipinski definition) is 0. The third-order valence-electron chi connectivity index (χ3n) is 1.46. The zero-order valence-electron chi connectivity index (χ0n) is 6.42. The van der Waals surface area contributed by atoms with Crippen LogP contribution in [0.25, 0.3) is 0 Å². The van der Waals surface area contributed by atoms with Gasteiger partial charge in [0.1, 0.15) is 0 Å². The molecule has 63 valence electrons. The molecular formula is C9H8ClO2. The van der Waals surface area contributed by atoms with Crippen LogP contribution in [0.3, 0.4) is 0 Å². The summed E-state index contributed by atoms with van der Waals surface area (Å²) in [5.41, 5.74) is 1.09. The molecule has 1 rings (SSSR count). The van der Waals surface area contributed by atoms with Crippen molar-refractivity contribution in [2.45, 2.75) is 6.42 Å². The van der Waals surface area contributed by atoms with E-state index in [4.69, 9.17) is 11.6 Å². The van der Waals surface area contributed by atoms with Crippen molar-refractivity contribution in [1.82, 2.24) is 0 Å². The summed E-state index contributed by atoms with van der Waals surface area (Å²) in [6.45, 7) is 1.74. The van der Waals surface area contributed by atoms with Crippen LogP contribution in [0.4, 0.5) is 0 Å². The molecule has 0 amide bonds. The van der Waals surface area contributed by atoms with Crippen molar-refractivity contribution in [1.29, 1.82) is 0 Å². The molecule has 0 atom stereocenters. The van der Waals surface area contributed by atoms with Crippen molar-refractivity contribution in [3.8, 4) is 0 Å². The maximum absolute atomic E-state index is 9.68. The zero-order chi connectivity index (χ0) is 8.81. The fourth-order valence-corrected chi connectivity index (χ4v) is 0.988. The van der Waals surface area contributed by atoms with Crippen LogP contribution < -0.4 is 0 Å². The monoisotopic (exact) mass is 183 g/mol. The smallest absolute Gasteiger partial charge is 0.417 e. The molecule has 0 fully saturated rings. The van der Waals surface area contributed by atoms with Gasteiger partial charge in [0.15, 0.2) is 0 Å². The quantitative estimate of drug-likeness (QED) is 0.668. The van der Waals surface area contributed by atoms with Crippen LogP contribution in [0.15, 0.2) is 24.3 Å². The van der Waals surface area contributed by atoms with Gasteiger partial charge in [0.05, 0.1) is 6.61 Å². The highest BCUT2D eigenvalue weighted by Crippen LogP contribution is 2.09. The molecule has 3 heteroatoms. The molecule has 0 heterocycles. The van der Waals surface area contributed by atoms with E-state index in [1.54, 1.807) is 0 Å². The summed E-state index contributed by atoms with van der Waals surface area (Å²) in [6, 6.07) is 7.41. The van der Waals surface area contributed by atoms with E-state index in [2.05, 4.69) is 4.74 Å². The van der Waals surface area contributed by atoms with Crippen molar-refractivity contribution in [2.75, 3.05) is 6.61 Å². The molecule has 0 saturated heterocycles. The minimum Gasteiger partial charge on any atom is -0.457 e. The highest BCUT2D eigenvalue weighted by atomic mass is 35.5. The predicted octanol–water partition coefficient (Wildman–Crippen LogP) is 1.97. The number of halogens is 1. The Balaban J connectivity index is 2.42.